The van der Waals surface area contributed by atoms with E-state index in [0.29, 0.717) is 6.04 Å². The highest BCUT2D eigenvalue weighted by atomic mass is 19.1. The predicted octanol–water partition coefficient (Wildman–Crippen LogP) is 1.51. The molecule has 0 saturated carbocycles. The summed E-state index contributed by atoms with van der Waals surface area (Å²) in [4.78, 5) is 4.80. The maximum atomic E-state index is 12.7. The van der Waals surface area contributed by atoms with Crippen molar-refractivity contribution in [3.8, 4) is 0 Å². The molecule has 2 nitrogen and oxygen atoms in total. The number of hydrogen-bond donors (Lipinski definition) is 0. The van der Waals surface area contributed by atoms with Gasteiger partial charge < -0.3 is 4.90 Å². The molecule has 3 heteroatoms. The Labute approximate surface area is 86.1 Å². The van der Waals surface area contributed by atoms with Crippen LogP contribution in [0.2, 0.25) is 0 Å². The van der Waals surface area contributed by atoms with Gasteiger partial charge in [0.2, 0.25) is 0 Å². The van der Waals surface area contributed by atoms with Crippen LogP contribution in [-0.4, -0.2) is 55.2 Å². The fourth-order valence-electron chi connectivity index (χ4n) is 2.83. The van der Waals surface area contributed by atoms with Crippen LogP contribution in [0.3, 0.4) is 0 Å². The van der Waals surface area contributed by atoms with E-state index in [1.165, 1.54) is 32.4 Å². The zero-order chi connectivity index (χ0) is 9.97. The maximum Gasteiger partial charge on any atom is 0.105 e. The molecule has 2 saturated heterocycles. The standard InChI is InChI=1S/C11H21FN2/c1-13-7-4-10(5-8-13)14-6-2-3-11(14)9-12/h10-11H,2-9H2,1H3/t11-/m1/s1. The van der Waals surface area contributed by atoms with Gasteiger partial charge in [0.1, 0.15) is 6.67 Å². The number of halogens is 1. The fourth-order valence-corrected chi connectivity index (χ4v) is 2.83. The zero-order valence-corrected chi connectivity index (χ0v) is 9.08. The molecule has 0 bridgehead atoms. The van der Waals surface area contributed by atoms with Crippen molar-refractivity contribution in [1.29, 1.82) is 0 Å². The first-order valence-corrected chi connectivity index (χ1v) is 5.81. The summed E-state index contributed by atoms with van der Waals surface area (Å²) in [6.45, 7) is 3.34. The molecule has 0 radical (unpaired) electrons. The van der Waals surface area contributed by atoms with Crippen molar-refractivity contribution in [3.63, 3.8) is 0 Å². The van der Waals surface area contributed by atoms with Gasteiger partial charge in [-0.05, 0) is 52.4 Å². The lowest BCUT2D eigenvalue weighted by molar-refractivity contribution is 0.0986. The fraction of sp³-hybridized carbons (Fsp3) is 1.00. The van der Waals surface area contributed by atoms with Crippen molar-refractivity contribution in [2.24, 2.45) is 0 Å². The summed E-state index contributed by atoms with van der Waals surface area (Å²) in [5.74, 6) is 0. The Balaban J connectivity index is 1.88. The summed E-state index contributed by atoms with van der Waals surface area (Å²) in [6.07, 6.45) is 4.73. The van der Waals surface area contributed by atoms with Crippen molar-refractivity contribution < 1.29 is 4.39 Å². The van der Waals surface area contributed by atoms with E-state index < -0.39 is 0 Å². The SMILES string of the molecule is CN1CCC(N2CCC[C@@H]2CF)CC1. The predicted molar refractivity (Wildman–Crippen MR) is 56.2 cm³/mol. The second kappa shape index (κ2) is 4.58. The van der Waals surface area contributed by atoms with Crippen LogP contribution >= 0.6 is 0 Å². The van der Waals surface area contributed by atoms with Gasteiger partial charge in [-0.3, -0.25) is 4.90 Å². The molecule has 0 aromatic rings. The highest BCUT2D eigenvalue weighted by Crippen LogP contribution is 2.25. The minimum absolute atomic E-state index is 0.146. The van der Waals surface area contributed by atoms with Gasteiger partial charge in [-0.25, -0.2) is 4.39 Å². The monoisotopic (exact) mass is 200 g/mol. The second-order valence-corrected chi connectivity index (χ2v) is 4.72. The molecule has 2 aliphatic heterocycles. The van der Waals surface area contributed by atoms with Gasteiger partial charge in [0.05, 0.1) is 0 Å². The van der Waals surface area contributed by atoms with Crippen LogP contribution in [0, 0.1) is 0 Å². The van der Waals surface area contributed by atoms with Crippen LogP contribution in [0.1, 0.15) is 25.7 Å². The molecule has 1 atom stereocenters. The Hall–Kier alpha value is -0.150. The van der Waals surface area contributed by atoms with E-state index >= 15 is 0 Å². The molecule has 2 rings (SSSR count). The summed E-state index contributed by atoms with van der Waals surface area (Å²) in [5.41, 5.74) is 0. The minimum atomic E-state index is -0.146. The van der Waals surface area contributed by atoms with Gasteiger partial charge in [0.25, 0.3) is 0 Å². The number of alkyl halides is 1. The Bertz CT molecular complexity index is 178. The van der Waals surface area contributed by atoms with Crippen LogP contribution in [0.4, 0.5) is 4.39 Å². The van der Waals surface area contributed by atoms with Crippen molar-refractivity contribution in [1.82, 2.24) is 9.80 Å². The van der Waals surface area contributed by atoms with Crippen molar-refractivity contribution >= 4 is 0 Å². The molecule has 2 heterocycles. The first kappa shape index (κ1) is 10.4. The van der Waals surface area contributed by atoms with E-state index in [1.807, 2.05) is 0 Å². The Morgan fingerprint density at radius 2 is 1.86 bits per heavy atom. The van der Waals surface area contributed by atoms with E-state index in [4.69, 9.17) is 0 Å². The summed E-state index contributed by atoms with van der Waals surface area (Å²) in [5, 5.41) is 0. The number of likely N-dealkylation sites (tertiary alicyclic amines) is 2. The molecule has 0 spiro atoms. The van der Waals surface area contributed by atoms with Crippen LogP contribution in [-0.2, 0) is 0 Å². The molecular formula is C11H21FN2. The van der Waals surface area contributed by atoms with Crippen LogP contribution in [0.15, 0.2) is 0 Å². The Kier molecular flexibility index (Phi) is 3.39. The number of piperidine rings is 1. The smallest absolute Gasteiger partial charge is 0.105 e. The van der Waals surface area contributed by atoms with Gasteiger partial charge in [0.15, 0.2) is 0 Å². The van der Waals surface area contributed by atoms with Gasteiger partial charge in [-0.15, -0.1) is 0 Å². The average Bonchev–Trinajstić information content (AvgIpc) is 2.67. The van der Waals surface area contributed by atoms with Crippen molar-refractivity contribution in [2.75, 3.05) is 33.4 Å². The van der Waals surface area contributed by atoms with Crippen LogP contribution in [0.5, 0.6) is 0 Å². The molecule has 0 aliphatic carbocycles. The largest absolute Gasteiger partial charge is 0.306 e. The molecule has 82 valence electrons. The average molecular weight is 200 g/mol. The van der Waals surface area contributed by atoms with Crippen LogP contribution in [0.25, 0.3) is 0 Å². The molecular weight excluding hydrogens is 179 g/mol. The van der Waals surface area contributed by atoms with E-state index in [2.05, 4.69) is 16.8 Å². The van der Waals surface area contributed by atoms with Crippen LogP contribution < -0.4 is 0 Å². The molecule has 0 amide bonds. The quantitative estimate of drug-likeness (QED) is 0.667. The summed E-state index contributed by atoms with van der Waals surface area (Å²) in [7, 11) is 2.17. The normalized spacial score (nSPS) is 32.6. The summed E-state index contributed by atoms with van der Waals surface area (Å²) >= 11 is 0. The number of hydrogen-bond acceptors (Lipinski definition) is 2. The van der Waals surface area contributed by atoms with Crippen molar-refractivity contribution in [2.45, 2.75) is 37.8 Å². The Morgan fingerprint density at radius 1 is 1.14 bits per heavy atom. The van der Waals surface area contributed by atoms with E-state index in [-0.39, 0.29) is 12.7 Å². The lowest BCUT2D eigenvalue weighted by atomic mass is 10.0. The highest BCUT2D eigenvalue weighted by Gasteiger charge is 2.31. The lowest BCUT2D eigenvalue weighted by Crippen LogP contribution is -2.46. The molecule has 0 unspecified atom stereocenters. The van der Waals surface area contributed by atoms with Gasteiger partial charge in [-0.1, -0.05) is 0 Å². The first-order valence-electron chi connectivity index (χ1n) is 5.81. The molecule has 2 aliphatic rings. The molecule has 0 N–H and O–H groups in total. The third kappa shape index (κ3) is 2.09. The van der Waals surface area contributed by atoms with E-state index in [1.54, 1.807) is 0 Å². The minimum Gasteiger partial charge on any atom is -0.306 e. The topological polar surface area (TPSA) is 6.48 Å². The third-order valence-electron chi connectivity index (χ3n) is 3.76. The Morgan fingerprint density at radius 3 is 2.50 bits per heavy atom. The lowest BCUT2D eigenvalue weighted by Gasteiger charge is -2.37. The van der Waals surface area contributed by atoms with Gasteiger partial charge in [-0.2, -0.15) is 0 Å². The molecule has 2 fully saturated rings. The zero-order valence-electron chi connectivity index (χ0n) is 9.08. The third-order valence-corrected chi connectivity index (χ3v) is 3.76. The second-order valence-electron chi connectivity index (χ2n) is 4.72. The highest BCUT2D eigenvalue weighted by molar-refractivity contribution is 4.87. The molecule has 14 heavy (non-hydrogen) atoms. The molecule has 0 aromatic heterocycles. The van der Waals surface area contributed by atoms with Crippen molar-refractivity contribution in [3.05, 3.63) is 0 Å². The first-order chi connectivity index (χ1) is 6.81. The van der Waals surface area contributed by atoms with Gasteiger partial charge in [0, 0.05) is 12.1 Å². The van der Waals surface area contributed by atoms with Gasteiger partial charge >= 0.3 is 0 Å². The van der Waals surface area contributed by atoms with E-state index in [0.717, 1.165) is 13.0 Å². The maximum absolute atomic E-state index is 12.7. The molecule has 0 aromatic carbocycles. The number of nitrogens with zero attached hydrogens (tertiary/aromatic N) is 2. The summed E-state index contributed by atoms with van der Waals surface area (Å²) < 4.78 is 12.7. The summed E-state index contributed by atoms with van der Waals surface area (Å²) in [6, 6.07) is 0.901. The number of rotatable bonds is 2. The van der Waals surface area contributed by atoms with E-state index in [9.17, 15) is 4.39 Å².